The van der Waals surface area contributed by atoms with Gasteiger partial charge in [0.05, 0.1) is 5.97 Å². The standard InChI is InChI=1S/C15H16N4O4S/c1-7-3-5-9(6-4-7)12(20)17-10-11(16)18-15(19-13(10)21)24-8(2)14(22)23/h3-6,8H,1-2H3,(H,17,20)(H,22,23)(H3,16,18,19,21)/p-1/t8-/m1/s1. The largest absolute Gasteiger partial charge is 0.549 e. The number of benzene rings is 1. The van der Waals surface area contributed by atoms with Crippen LogP contribution in [0.2, 0.25) is 0 Å². The molecule has 0 aliphatic rings. The number of aryl methyl sites for hydroxylation is 1. The minimum atomic E-state index is -1.29. The number of hydrogen-bond donors (Lipinski definition) is 3. The highest BCUT2D eigenvalue weighted by Gasteiger charge is 2.15. The molecule has 0 fully saturated rings. The van der Waals surface area contributed by atoms with Crippen LogP contribution in [-0.4, -0.2) is 27.1 Å². The molecular weight excluding hydrogens is 332 g/mol. The molecule has 24 heavy (non-hydrogen) atoms. The monoisotopic (exact) mass is 347 g/mol. The lowest BCUT2D eigenvalue weighted by Crippen LogP contribution is -2.31. The lowest BCUT2D eigenvalue weighted by Gasteiger charge is -2.12. The molecule has 0 aliphatic carbocycles. The third-order valence-corrected chi connectivity index (χ3v) is 4.06. The first-order valence-electron chi connectivity index (χ1n) is 6.93. The van der Waals surface area contributed by atoms with Gasteiger partial charge in [0.1, 0.15) is 5.69 Å². The number of carboxylic acids is 1. The fourth-order valence-electron chi connectivity index (χ4n) is 1.75. The zero-order valence-electron chi connectivity index (χ0n) is 13.0. The van der Waals surface area contributed by atoms with E-state index in [0.29, 0.717) is 5.56 Å². The summed E-state index contributed by atoms with van der Waals surface area (Å²) in [5.74, 6) is -2.00. The van der Waals surface area contributed by atoms with Gasteiger partial charge in [0, 0.05) is 10.8 Å². The number of nitrogens with two attached hydrogens (primary N) is 1. The summed E-state index contributed by atoms with van der Waals surface area (Å²) in [6, 6.07) is 6.77. The topological polar surface area (TPSA) is 141 Å². The van der Waals surface area contributed by atoms with Gasteiger partial charge in [0.25, 0.3) is 11.5 Å². The molecule has 0 aliphatic heterocycles. The van der Waals surface area contributed by atoms with E-state index >= 15 is 0 Å². The maximum atomic E-state index is 12.1. The van der Waals surface area contributed by atoms with Crippen molar-refractivity contribution in [2.45, 2.75) is 24.3 Å². The van der Waals surface area contributed by atoms with Gasteiger partial charge in [-0.3, -0.25) is 14.6 Å². The number of aromatic nitrogens is 2. The summed E-state index contributed by atoms with van der Waals surface area (Å²) in [6.45, 7) is 3.28. The molecule has 4 N–H and O–H groups in total. The van der Waals surface area contributed by atoms with E-state index < -0.39 is 22.7 Å². The Bertz CT molecular complexity index is 832. The number of carboxylic acid groups (broad SMARTS) is 1. The summed E-state index contributed by atoms with van der Waals surface area (Å²) in [7, 11) is 0. The number of anilines is 2. The van der Waals surface area contributed by atoms with Crippen molar-refractivity contribution < 1.29 is 14.7 Å². The van der Waals surface area contributed by atoms with Crippen LogP contribution in [0, 0.1) is 6.92 Å². The van der Waals surface area contributed by atoms with E-state index in [9.17, 15) is 19.5 Å². The molecule has 0 spiro atoms. The van der Waals surface area contributed by atoms with Crippen molar-refractivity contribution in [3.63, 3.8) is 0 Å². The average Bonchev–Trinajstić information content (AvgIpc) is 2.51. The van der Waals surface area contributed by atoms with E-state index in [4.69, 9.17) is 5.73 Å². The SMILES string of the molecule is Cc1ccc(C(=O)Nc2c(N)nc(S[C@H](C)C(=O)[O-])[nH]c2=O)cc1. The second kappa shape index (κ2) is 7.18. The molecule has 1 amide bonds. The van der Waals surface area contributed by atoms with Gasteiger partial charge in [-0.1, -0.05) is 29.5 Å². The first-order chi connectivity index (χ1) is 11.3. The Balaban J connectivity index is 2.22. The minimum Gasteiger partial charge on any atom is -0.549 e. The van der Waals surface area contributed by atoms with Crippen LogP contribution in [0.1, 0.15) is 22.8 Å². The number of aliphatic carboxylic acids is 1. The van der Waals surface area contributed by atoms with Crippen molar-refractivity contribution in [3.05, 3.63) is 45.7 Å². The van der Waals surface area contributed by atoms with Crippen molar-refractivity contribution >= 4 is 35.1 Å². The molecule has 0 saturated carbocycles. The van der Waals surface area contributed by atoms with Crippen LogP contribution in [0.3, 0.4) is 0 Å². The quantitative estimate of drug-likeness (QED) is 0.516. The molecule has 2 rings (SSSR count). The normalized spacial score (nSPS) is 11.8. The second-order valence-electron chi connectivity index (χ2n) is 5.03. The van der Waals surface area contributed by atoms with Crippen molar-refractivity contribution in [2.24, 2.45) is 0 Å². The molecule has 0 unspecified atom stereocenters. The summed E-state index contributed by atoms with van der Waals surface area (Å²) < 4.78 is 0. The maximum absolute atomic E-state index is 12.1. The maximum Gasteiger partial charge on any atom is 0.277 e. The van der Waals surface area contributed by atoms with Gasteiger partial charge >= 0.3 is 0 Å². The summed E-state index contributed by atoms with van der Waals surface area (Å²) >= 11 is 0.784. The molecule has 8 nitrogen and oxygen atoms in total. The number of nitrogens with one attached hydrogen (secondary N) is 2. The van der Waals surface area contributed by atoms with Gasteiger partial charge in [-0.25, -0.2) is 4.98 Å². The van der Waals surface area contributed by atoms with E-state index in [1.54, 1.807) is 24.3 Å². The van der Waals surface area contributed by atoms with Crippen LogP contribution in [-0.2, 0) is 4.79 Å². The van der Waals surface area contributed by atoms with Crippen molar-refractivity contribution in [1.82, 2.24) is 9.97 Å². The first-order valence-corrected chi connectivity index (χ1v) is 7.81. The van der Waals surface area contributed by atoms with E-state index in [2.05, 4.69) is 15.3 Å². The molecule has 1 atom stereocenters. The molecule has 1 heterocycles. The lowest BCUT2D eigenvalue weighted by atomic mass is 10.1. The summed E-state index contributed by atoms with van der Waals surface area (Å²) in [6.07, 6.45) is 0. The fraction of sp³-hybridized carbons (Fsp3) is 0.200. The second-order valence-corrected chi connectivity index (χ2v) is 6.36. The number of nitrogen functional groups attached to an aromatic ring is 1. The molecule has 126 valence electrons. The number of aromatic amines is 1. The van der Waals surface area contributed by atoms with Crippen LogP contribution < -0.4 is 21.7 Å². The number of rotatable bonds is 5. The van der Waals surface area contributed by atoms with Crippen LogP contribution in [0.15, 0.2) is 34.2 Å². The van der Waals surface area contributed by atoms with Crippen LogP contribution in [0.25, 0.3) is 0 Å². The molecule has 0 bridgehead atoms. The van der Waals surface area contributed by atoms with E-state index in [0.717, 1.165) is 17.3 Å². The van der Waals surface area contributed by atoms with Crippen LogP contribution >= 0.6 is 11.8 Å². The van der Waals surface area contributed by atoms with Gasteiger partial charge in [-0.05, 0) is 26.0 Å². The number of carbonyl (C=O) groups excluding carboxylic acids is 2. The fourth-order valence-corrected chi connectivity index (χ4v) is 2.49. The Morgan fingerprint density at radius 2 is 1.96 bits per heavy atom. The third-order valence-electron chi connectivity index (χ3n) is 3.10. The minimum absolute atomic E-state index is 0.0301. The number of H-pyrrole nitrogens is 1. The molecule has 9 heteroatoms. The van der Waals surface area contributed by atoms with Crippen molar-refractivity contribution in [3.8, 4) is 0 Å². The van der Waals surface area contributed by atoms with Gasteiger partial charge in [-0.2, -0.15) is 0 Å². The zero-order chi connectivity index (χ0) is 17.9. The van der Waals surface area contributed by atoms with Gasteiger partial charge in [-0.15, -0.1) is 0 Å². The van der Waals surface area contributed by atoms with Gasteiger partial charge in [0.2, 0.25) is 0 Å². The van der Waals surface area contributed by atoms with Gasteiger partial charge in [0.15, 0.2) is 11.0 Å². The zero-order valence-corrected chi connectivity index (χ0v) is 13.8. The number of hydrogen-bond acceptors (Lipinski definition) is 7. The van der Waals surface area contributed by atoms with E-state index in [1.807, 2.05) is 6.92 Å². The van der Waals surface area contributed by atoms with Crippen molar-refractivity contribution in [1.29, 1.82) is 0 Å². The highest BCUT2D eigenvalue weighted by atomic mass is 32.2. The number of amides is 1. The Morgan fingerprint density at radius 1 is 1.33 bits per heavy atom. The molecule has 0 saturated heterocycles. The predicted octanol–water partition coefficient (Wildman–Crippen LogP) is 0.143. The Morgan fingerprint density at radius 3 is 2.50 bits per heavy atom. The Kier molecular flexibility index (Phi) is 5.24. The molecule has 0 radical (unpaired) electrons. The molecule has 2 aromatic rings. The highest BCUT2D eigenvalue weighted by Crippen LogP contribution is 2.21. The van der Waals surface area contributed by atoms with E-state index in [1.165, 1.54) is 6.92 Å². The predicted molar refractivity (Wildman–Crippen MR) is 88.7 cm³/mol. The van der Waals surface area contributed by atoms with E-state index in [-0.39, 0.29) is 16.7 Å². The summed E-state index contributed by atoms with van der Waals surface area (Å²) in [5, 5.41) is 12.3. The summed E-state index contributed by atoms with van der Waals surface area (Å²) in [5.41, 5.74) is 6.20. The average molecular weight is 347 g/mol. The Labute approximate surface area is 141 Å². The third kappa shape index (κ3) is 4.13. The molecular formula is C15H15N4O4S-. The molecule has 1 aromatic carbocycles. The van der Waals surface area contributed by atoms with Gasteiger partial charge < -0.3 is 21.0 Å². The number of thioether (sulfide) groups is 1. The first kappa shape index (κ1) is 17.5. The van der Waals surface area contributed by atoms with Crippen molar-refractivity contribution in [2.75, 3.05) is 11.1 Å². The Hall–Kier alpha value is -2.81. The lowest BCUT2D eigenvalue weighted by molar-refractivity contribution is -0.304. The smallest absolute Gasteiger partial charge is 0.277 e. The van der Waals surface area contributed by atoms with Crippen LogP contribution in [0.4, 0.5) is 11.5 Å². The highest BCUT2D eigenvalue weighted by molar-refractivity contribution is 8.00. The van der Waals surface area contributed by atoms with Crippen LogP contribution in [0.5, 0.6) is 0 Å². The summed E-state index contributed by atoms with van der Waals surface area (Å²) in [4.78, 5) is 41.2. The number of nitrogens with zero attached hydrogens (tertiary/aromatic N) is 1. The number of carbonyl (C=O) groups is 2. The molecule has 1 aromatic heterocycles.